The van der Waals surface area contributed by atoms with Gasteiger partial charge < -0.3 is 5.32 Å². The van der Waals surface area contributed by atoms with Crippen molar-refractivity contribution in [1.29, 1.82) is 0 Å². The molecule has 0 bridgehead atoms. The van der Waals surface area contributed by atoms with Crippen LogP contribution in [0.1, 0.15) is 34.5 Å². The van der Waals surface area contributed by atoms with Crippen LogP contribution in [0, 0.1) is 19.8 Å². The Bertz CT molecular complexity index is 1180. The molecule has 1 N–H and O–H groups in total. The molecular weight excluding hydrogens is 444 g/mol. The molecule has 0 aliphatic carbocycles. The number of amides is 1. The molecule has 4 rings (SSSR count). The number of thiazole rings is 1. The fourth-order valence-electron chi connectivity index (χ4n) is 3.75. The highest BCUT2D eigenvalue weighted by Crippen LogP contribution is 2.28. The molecule has 2 aromatic heterocycles. The predicted octanol–water partition coefficient (Wildman–Crippen LogP) is 3.79. The molecule has 168 valence electrons. The lowest BCUT2D eigenvalue weighted by Gasteiger charge is -2.30. The van der Waals surface area contributed by atoms with Crippen molar-refractivity contribution >= 4 is 32.4 Å². The number of aryl methyl sites for hydroxylation is 2. The summed E-state index contributed by atoms with van der Waals surface area (Å²) in [5.41, 5.74) is 3.35. The molecule has 1 aromatic carbocycles. The molecular formula is C23H26N4O3S2. The molecule has 0 atom stereocenters. The van der Waals surface area contributed by atoms with Crippen LogP contribution in [0.2, 0.25) is 0 Å². The number of pyridine rings is 1. The van der Waals surface area contributed by atoms with E-state index in [4.69, 9.17) is 0 Å². The van der Waals surface area contributed by atoms with Gasteiger partial charge in [-0.05, 0) is 44.4 Å². The third kappa shape index (κ3) is 5.06. The van der Waals surface area contributed by atoms with Gasteiger partial charge in [-0.25, -0.2) is 13.4 Å². The maximum atomic E-state index is 12.8. The van der Waals surface area contributed by atoms with Crippen LogP contribution < -0.4 is 5.32 Å². The molecule has 3 heterocycles. The van der Waals surface area contributed by atoms with E-state index >= 15 is 0 Å². The van der Waals surface area contributed by atoms with Crippen molar-refractivity contribution in [3.63, 3.8) is 0 Å². The number of nitrogens with zero attached hydrogens (tertiary/aromatic N) is 3. The molecule has 1 amide bonds. The number of hydrogen-bond acceptors (Lipinski definition) is 6. The van der Waals surface area contributed by atoms with Crippen LogP contribution >= 0.6 is 11.3 Å². The Balaban J connectivity index is 1.35. The lowest BCUT2D eigenvalue weighted by Crippen LogP contribution is -2.41. The fraction of sp³-hybridized carbons (Fsp3) is 0.348. The quantitative estimate of drug-likeness (QED) is 0.592. The highest BCUT2D eigenvalue weighted by atomic mass is 32.2. The van der Waals surface area contributed by atoms with Crippen LogP contribution in [-0.2, 0) is 21.2 Å². The molecule has 0 spiro atoms. The first-order valence-electron chi connectivity index (χ1n) is 10.6. The van der Waals surface area contributed by atoms with Crippen LogP contribution in [0.15, 0.2) is 53.7 Å². The topological polar surface area (TPSA) is 92.3 Å². The Morgan fingerprint density at radius 1 is 1.16 bits per heavy atom. The second-order valence-electron chi connectivity index (χ2n) is 8.05. The Morgan fingerprint density at radius 3 is 2.53 bits per heavy atom. The second-order valence-corrected chi connectivity index (χ2v) is 11.1. The minimum absolute atomic E-state index is 0.0981. The second kappa shape index (κ2) is 9.48. The van der Waals surface area contributed by atoms with Crippen molar-refractivity contribution in [2.24, 2.45) is 5.92 Å². The first-order valence-corrected chi connectivity index (χ1v) is 12.8. The summed E-state index contributed by atoms with van der Waals surface area (Å²) in [7, 11) is -3.58. The summed E-state index contributed by atoms with van der Waals surface area (Å²) in [5.74, 6) is -0.334. The fourth-order valence-corrected chi connectivity index (χ4v) is 6.19. The van der Waals surface area contributed by atoms with Gasteiger partial charge in [-0.15, -0.1) is 11.3 Å². The Labute approximate surface area is 192 Å². The van der Waals surface area contributed by atoms with Crippen molar-refractivity contribution in [3.05, 3.63) is 70.5 Å². The van der Waals surface area contributed by atoms with Crippen molar-refractivity contribution < 1.29 is 13.2 Å². The molecule has 1 fully saturated rings. The van der Waals surface area contributed by atoms with Crippen LogP contribution in [0.5, 0.6) is 0 Å². The zero-order chi connectivity index (χ0) is 22.7. The van der Waals surface area contributed by atoms with Gasteiger partial charge in [0.1, 0.15) is 4.90 Å². The SMILES string of the molecule is Cc1ccc(Cc2sc(NC(=O)C3CCN(S(=O)(=O)c4cccnc4)CC3)nc2C)cc1. The lowest BCUT2D eigenvalue weighted by atomic mass is 9.97. The number of anilines is 1. The Kier molecular flexibility index (Phi) is 6.68. The smallest absolute Gasteiger partial charge is 0.244 e. The van der Waals surface area contributed by atoms with Crippen LogP contribution in [0.25, 0.3) is 0 Å². The van der Waals surface area contributed by atoms with E-state index in [9.17, 15) is 13.2 Å². The number of carbonyl (C=O) groups excluding carboxylic acids is 1. The standard InChI is InChI=1S/C23H26N4O3S2/c1-16-5-7-18(8-6-16)14-21-17(2)25-23(31-21)26-22(28)19-9-12-27(13-10-19)32(29,30)20-4-3-11-24-15-20/h3-8,11,15,19H,9-10,12-14H2,1-2H3,(H,25,26,28). The number of carbonyl (C=O) groups is 1. The molecule has 7 nitrogen and oxygen atoms in total. The highest BCUT2D eigenvalue weighted by molar-refractivity contribution is 7.89. The van der Waals surface area contributed by atoms with Gasteiger partial charge in [0.15, 0.2) is 5.13 Å². The zero-order valence-corrected chi connectivity index (χ0v) is 19.7. The summed E-state index contributed by atoms with van der Waals surface area (Å²) in [6.45, 7) is 4.64. The molecule has 1 aliphatic rings. The van der Waals surface area contributed by atoms with Crippen molar-refractivity contribution in [3.8, 4) is 0 Å². The normalized spacial score (nSPS) is 15.6. The van der Waals surface area contributed by atoms with Gasteiger partial charge in [0.25, 0.3) is 0 Å². The third-order valence-electron chi connectivity index (χ3n) is 5.70. The average Bonchev–Trinajstić information content (AvgIpc) is 3.14. The van der Waals surface area contributed by atoms with E-state index in [0.29, 0.717) is 31.1 Å². The molecule has 1 saturated heterocycles. The Hall–Kier alpha value is -2.62. The van der Waals surface area contributed by atoms with Crippen molar-refractivity contribution in [2.45, 2.75) is 38.0 Å². The molecule has 1 aliphatic heterocycles. The lowest BCUT2D eigenvalue weighted by molar-refractivity contribution is -0.120. The maximum absolute atomic E-state index is 12.8. The Morgan fingerprint density at radius 2 is 1.88 bits per heavy atom. The van der Waals surface area contributed by atoms with E-state index in [2.05, 4.69) is 46.5 Å². The van der Waals surface area contributed by atoms with Gasteiger partial charge in [0.2, 0.25) is 15.9 Å². The molecule has 3 aromatic rings. The molecule has 0 radical (unpaired) electrons. The summed E-state index contributed by atoms with van der Waals surface area (Å²) in [6, 6.07) is 11.6. The third-order valence-corrected chi connectivity index (χ3v) is 8.66. The maximum Gasteiger partial charge on any atom is 0.244 e. The minimum atomic E-state index is -3.58. The average molecular weight is 471 g/mol. The van der Waals surface area contributed by atoms with Crippen molar-refractivity contribution in [1.82, 2.24) is 14.3 Å². The van der Waals surface area contributed by atoms with Gasteiger partial charge >= 0.3 is 0 Å². The van der Waals surface area contributed by atoms with Gasteiger partial charge in [0.05, 0.1) is 5.69 Å². The number of rotatable bonds is 6. The summed E-state index contributed by atoms with van der Waals surface area (Å²) in [5, 5.41) is 3.54. The first-order chi connectivity index (χ1) is 15.3. The largest absolute Gasteiger partial charge is 0.302 e. The van der Waals surface area contributed by atoms with E-state index in [0.717, 1.165) is 17.0 Å². The van der Waals surface area contributed by atoms with Gasteiger partial charge in [-0.2, -0.15) is 4.31 Å². The van der Waals surface area contributed by atoms with E-state index in [-0.39, 0.29) is 16.7 Å². The highest BCUT2D eigenvalue weighted by Gasteiger charge is 2.32. The number of benzene rings is 1. The number of piperidine rings is 1. The van der Waals surface area contributed by atoms with Crippen LogP contribution in [0.4, 0.5) is 5.13 Å². The van der Waals surface area contributed by atoms with Crippen LogP contribution in [0.3, 0.4) is 0 Å². The van der Waals surface area contributed by atoms with Gasteiger partial charge in [-0.3, -0.25) is 9.78 Å². The number of sulfonamides is 1. The van der Waals surface area contributed by atoms with E-state index < -0.39 is 10.0 Å². The minimum Gasteiger partial charge on any atom is -0.302 e. The van der Waals surface area contributed by atoms with Gasteiger partial charge in [-0.1, -0.05) is 29.8 Å². The summed E-state index contributed by atoms with van der Waals surface area (Å²) in [4.78, 5) is 22.5. The molecule has 0 unspecified atom stereocenters. The monoisotopic (exact) mass is 470 g/mol. The van der Waals surface area contributed by atoms with Gasteiger partial charge in [0, 0.05) is 42.7 Å². The predicted molar refractivity (Wildman–Crippen MR) is 125 cm³/mol. The number of nitrogens with one attached hydrogen (secondary N) is 1. The van der Waals surface area contributed by atoms with Crippen molar-refractivity contribution in [2.75, 3.05) is 18.4 Å². The molecule has 9 heteroatoms. The molecule has 32 heavy (non-hydrogen) atoms. The zero-order valence-electron chi connectivity index (χ0n) is 18.1. The molecule has 0 saturated carbocycles. The van der Waals surface area contributed by atoms with E-state index in [1.807, 2.05) is 6.92 Å². The van der Waals surface area contributed by atoms with Crippen LogP contribution in [-0.4, -0.2) is 41.7 Å². The first kappa shape index (κ1) is 22.6. The summed E-state index contributed by atoms with van der Waals surface area (Å²) >= 11 is 1.50. The number of hydrogen-bond donors (Lipinski definition) is 1. The van der Waals surface area contributed by atoms with E-state index in [1.165, 1.54) is 33.0 Å². The number of aromatic nitrogens is 2. The van der Waals surface area contributed by atoms with E-state index in [1.54, 1.807) is 18.3 Å². The summed E-state index contributed by atoms with van der Waals surface area (Å²) in [6.07, 6.45) is 4.64. The summed E-state index contributed by atoms with van der Waals surface area (Å²) < 4.78 is 26.9.